The predicted octanol–water partition coefficient (Wildman–Crippen LogP) is 2.97. The number of rotatable bonds is 13. The molecule has 3 aromatic rings. The second-order valence-corrected chi connectivity index (χ2v) is 12.9. The average Bonchev–Trinajstić information content (AvgIpc) is 3.35. The maximum atomic E-state index is 13.1. The molecule has 1 heterocycles. The number of sulfonamides is 1. The van der Waals surface area contributed by atoms with E-state index in [0.29, 0.717) is 11.1 Å². The normalized spacial score (nSPS) is 13.7. The van der Waals surface area contributed by atoms with Crippen LogP contribution in [0, 0.1) is 0 Å². The summed E-state index contributed by atoms with van der Waals surface area (Å²) in [7, 11) is -8.28. The number of benzene rings is 2. The van der Waals surface area contributed by atoms with E-state index in [1.165, 1.54) is 51.1 Å². The van der Waals surface area contributed by atoms with Gasteiger partial charge in [-0.2, -0.15) is 8.78 Å². The molecule has 226 valence electrons. The Bertz CT molecular complexity index is 1700. The molecule has 0 aliphatic rings. The number of ether oxygens (including phenoxy) is 1. The van der Waals surface area contributed by atoms with Gasteiger partial charge < -0.3 is 14.5 Å². The molecule has 0 fully saturated rings. The van der Waals surface area contributed by atoms with Gasteiger partial charge in [-0.15, -0.1) is 0 Å². The molecule has 1 atom stereocenters. The van der Waals surface area contributed by atoms with Gasteiger partial charge in [-0.25, -0.2) is 21.8 Å². The largest absolute Gasteiger partial charge is 0.435 e. The van der Waals surface area contributed by atoms with Crippen LogP contribution < -0.4 is 14.8 Å². The summed E-state index contributed by atoms with van der Waals surface area (Å²) in [5.74, 6) is -4.45. The van der Waals surface area contributed by atoms with E-state index in [0.717, 1.165) is 0 Å². The van der Waals surface area contributed by atoms with Crippen LogP contribution >= 0.6 is 0 Å². The molecule has 1 aromatic heterocycles. The van der Waals surface area contributed by atoms with E-state index < -0.39 is 62.3 Å². The minimum atomic E-state index is -4.25. The summed E-state index contributed by atoms with van der Waals surface area (Å²) in [4.78, 5) is 33.7. The summed E-state index contributed by atoms with van der Waals surface area (Å²) in [6.07, 6.45) is 1.32. The highest BCUT2D eigenvalue weighted by molar-refractivity contribution is 7.93. The number of aromatic nitrogens is 1. The summed E-state index contributed by atoms with van der Waals surface area (Å²) in [5, 5.41) is 2.28. The zero-order valence-corrected chi connectivity index (χ0v) is 24.3. The van der Waals surface area contributed by atoms with Crippen LogP contribution in [0.15, 0.2) is 68.9 Å². The van der Waals surface area contributed by atoms with Crippen LogP contribution in [-0.2, 0) is 30.4 Å². The van der Waals surface area contributed by atoms with Gasteiger partial charge in [-0.1, -0.05) is 36.4 Å². The highest BCUT2D eigenvalue weighted by Crippen LogP contribution is 2.23. The fourth-order valence-electron chi connectivity index (χ4n) is 3.58. The average molecular weight is 627 g/mol. The summed E-state index contributed by atoms with van der Waals surface area (Å²) in [5.41, 5.74) is 0.667. The minimum absolute atomic E-state index is 0.0507. The molecule has 42 heavy (non-hydrogen) atoms. The SMILES string of the molecule is C/C=C(\C)S(=O)(=O)NC(C)=N[C@@H](CS(=O)(=O)Cc1ccccc1OC(F)F)C(=O)NCC(=O)c1nc2ccccc2o1. The second kappa shape index (κ2) is 13.7. The molecule has 0 aliphatic heterocycles. The zero-order chi connectivity index (χ0) is 31.1. The third kappa shape index (κ3) is 8.91. The van der Waals surface area contributed by atoms with E-state index in [9.17, 15) is 35.2 Å². The lowest BCUT2D eigenvalue weighted by atomic mass is 10.2. The standard InChI is InChI=1S/C26H28F2N4O8S2/c1-4-16(2)42(37,38)32-17(3)30-20(15-41(35,36)14-18-9-5-7-11-22(18)40-26(27)28)24(34)29-13-21(33)25-31-19-10-6-8-12-23(19)39-25/h4-12,20,26H,13-15H2,1-3H3,(H,29,34)(H,30,32)/b16-4+/t20-/m0/s1. The minimum Gasteiger partial charge on any atom is -0.435 e. The van der Waals surface area contributed by atoms with Gasteiger partial charge in [0, 0.05) is 5.56 Å². The van der Waals surface area contributed by atoms with E-state index >= 15 is 0 Å². The number of fused-ring (bicyclic) bond motifs is 1. The van der Waals surface area contributed by atoms with Crippen molar-refractivity contribution in [3.8, 4) is 5.75 Å². The number of oxazole rings is 1. The number of Topliss-reactive ketones (excluding diaryl/α,β-unsaturated/α-hetero) is 1. The van der Waals surface area contributed by atoms with Crippen LogP contribution in [0.25, 0.3) is 11.1 Å². The molecule has 2 aromatic carbocycles. The van der Waals surface area contributed by atoms with Gasteiger partial charge in [0.25, 0.3) is 15.9 Å². The van der Waals surface area contributed by atoms with Crippen LogP contribution in [-0.4, -0.2) is 64.3 Å². The van der Waals surface area contributed by atoms with E-state index in [4.69, 9.17) is 4.42 Å². The Kier molecular flexibility index (Phi) is 10.5. The molecule has 1 amide bonds. The Balaban J connectivity index is 1.84. The van der Waals surface area contributed by atoms with Crippen molar-refractivity contribution in [2.24, 2.45) is 4.99 Å². The van der Waals surface area contributed by atoms with Gasteiger partial charge in [0.15, 0.2) is 15.4 Å². The van der Waals surface area contributed by atoms with Gasteiger partial charge in [-0.3, -0.25) is 19.3 Å². The van der Waals surface area contributed by atoms with Gasteiger partial charge in [0.1, 0.15) is 23.1 Å². The maximum Gasteiger partial charge on any atom is 0.387 e. The van der Waals surface area contributed by atoms with E-state index in [-0.39, 0.29) is 27.9 Å². The molecule has 12 nitrogen and oxygen atoms in total. The molecule has 0 unspecified atom stereocenters. The van der Waals surface area contributed by atoms with Gasteiger partial charge in [0.2, 0.25) is 11.7 Å². The fourth-order valence-corrected chi connectivity index (χ4v) is 6.03. The summed E-state index contributed by atoms with van der Waals surface area (Å²) in [6, 6.07) is 10.1. The van der Waals surface area contributed by atoms with Crippen LogP contribution in [0.2, 0.25) is 0 Å². The summed E-state index contributed by atoms with van der Waals surface area (Å²) >= 11 is 0. The summed E-state index contributed by atoms with van der Waals surface area (Å²) in [6.45, 7) is 0.189. The van der Waals surface area contributed by atoms with Crippen molar-refractivity contribution in [2.45, 2.75) is 39.2 Å². The third-order valence-corrected chi connectivity index (χ3v) is 8.92. The Morgan fingerprint density at radius 3 is 2.40 bits per heavy atom. The lowest BCUT2D eigenvalue weighted by Gasteiger charge is -2.16. The highest BCUT2D eigenvalue weighted by Gasteiger charge is 2.28. The number of ketones is 1. The molecular formula is C26H28F2N4O8S2. The Labute approximate surface area is 240 Å². The number of nitrogens with zero attached hydrogens (tertiary/aromatic N) is 2. The molecule has 0 bridgehead atoms. The Morgan fingerprint density at radius 1 is 1.07 bits per heavy atom. The predicted molar refractivity (Wildman–Crippen MR) is 150 cm³/mol. The fraction of sp³-hybridized carbons (Fsp3) is 0.308. The first-order chi connectivity index (χ1) is 19.7. The number of para-hydroxylation sites is 3. The van der Waals surface area contributed by atoms with Crippen LogP contribution in [0.3, 0.4) is 0 Å². The molecule has 0 saturated heterocycles. The van der Waals surface area contributed by atoms with Crippen LogP contribution in [0.1, 0.15) is 37.0 Å². The number of hydrogen-bond donors (Lipinski definition) is 2. The molecular weight excluding hydrogens is 598 g/mol. The van der Waals surface area contributed by atoms with Crippen molar-refractivity contribution in [3.05, 3.63) is 71.0 Å². The van der Waals surface area contributed by atoms with Crippen molar-refractivity contribution in [3.63, 3.8) is 0 Å². The number of sulfone groups is 1. The lowest BCUT2D eigenvalue weighted by molar-refractivity contribution is -0.121. The molecule has 2 N–H and O–H groups in total. The molecule has 0 aliphatic carbocycles. The summed E-state index contributed by atoms with van der Waals surface area (Å²) < 4.78 is 88.5. The van der Waals surface area contributed by atoms with Crippen LogP contribution in [0.4, 0.5) is 8.78 Å². The number of hydrogen-bond acceptors (Lipinski definition) is 10. The van der Waals surface area contributed by atoms with Crippen LogP contribution in [0.5, 0.6) is 5.75 Å². The monoisotopic (exact) mass is 626 g/mol. The first kappa shape index (κ1) is 32.3. The van der Waals surface area contributed by atoms with Gasteiger partial charge in [0.05, 0.1) is 23.0 Å². The van der Waals surface area contributed by atoms with Gasteiger partial charge >= 0.3 is 6.61 Å². The molecule has 16 heteroatoms. The maximum absolute atomic E-state index is 13.1. The first-order valence-electron chi connectivity index (χ1n) is 12.3. The quantitative estimate of drug-likeness (QED) is 0.164. The lowest BCUT2D eigenvalue weighted by Crippen LogP contribution is -2.42. The number of amidine groups is 1. The van der Waals surface area contributed by atoms with Crippen molar-refractivity contribution in [2.75, 3.05) is 12.3 Å². The number of carbonyl (C=O) groups excluding carboxylic acids is 2. The van der Waals surface area contributed by atoms with Gasteiger partial charge in [-0.05, 0) is 39.0 Å². The first-order valence-corrected chi connectivity index (χ1v) is 15.6. The zero-order valence-electron chi connectivity index (χ0n) is 22.7. The van der Waals surface area contributed by atoms with E-state index in [1.807, 2.05) is 0 Å². The Hall–Kier alpha value is -4.18. The molecule has 3 rings (SSSR count). The number of allylic oxidation sites excluding steroid dienone is 2. The second-order valence-electron chi connectivity index (χ2n) is 8.90. The molecule has 0 saturated carbocycles. The number of alkyl halides is 2. The topological polar surface area (TPSA) is 174 Å². The number of amides is 1. The van der Waals surface area contributed by atoms with E-state index in [2.05, 4.69) is 24.8 Å². The molecule has 0 radical (unpaired) electrons. The highest BCUT2D eigenvalue weighted by atomic mass is 32.2. The number of carbonyl (C=O) groups is 2. The van der Waals surface area contributed by atoms with Crippen molar-refractivity contribution < 1.29 is 44.4 Å². The Morgan fingerprint density at radius 2 is 1.74 bits per heavy atom. The molecule has 0 spiro atoms. The van der Waals surface area contributed by atoms with E-state index in [1.54, 1.807) is 24.3 Å². The van der Waals surface area contributed by atoms with Crippen molar-refractivity contribution in [1.82, 2.24) is 15.0 Å². The number of aliphatic imine (C=N–C) groups is 1. The smallest absolute Gasteiger partial charge is 0.387 e. The number of halogens is 2. The third-order valence-electron chi connectivity index (χ3n) is 5.70. The van der Waals surface area contributed by atoms with Crippen molar-refractivity contribution in [1.29, 1.82) is 0 Å². The van der Waals surface area contributed by atoms with Crippen molar-refractivity contribution >= 4 is 48.5 Å². The number of nitrogens with one attached hydrogen (secondary N) is 2.